The summed E-state index contributed by atoms with van der Waals surface area (Å²) in [5, 5.41) is 0. The van der Waals surface area contributed by atoms with Gasteiger partial charge in [-0.25, -0.2) is 0 Å². The number of nitrogens with zero attached hydrogens (tertiary/aromatic N) is 2. The Bertz CT molecular complexity index is 440. The quantitative estimate of drug-likeness (QED) is 0.849. The van der Waals surface area contributed by atoms with Crippen LogP contribution in [0.15, 0.2) is 0 Å². The van der Waals surface area contributed by atoms with Gasteiger partial charge in [0.15, 0.2) is 0 Å². The molecule has 2 N–H and O–H groups in total. The average Bonchev–Trinajstić information content (AvgIpc) is 3.25. The van der Waals surface area contributed by atoms with Gasteiger partial charge in [0.1, 0.15) is 6.04 Å². The van der Waals surface area contributed by atoms with Crippen molar-refractivity contribution in [1.82, 2.24) is 9.80 Å². The lowest BCUT2D eigenvalue weighted by Crippen LogP contribution is -2.50. The molecule has 0 aromatic carbocycles. The molecule has 3 aliphatic rings. The Morgan fingerprint density at radius 3 is 2.35 bits per heavy atom. The number of nitrogens with two attached hydrogens (primary N) is 1. The molecule has 0 aromatic heterocycles. The molecule has 2 heterocycles. The first-order chi connectivity index (χ1) is 10.6. The van der Waals surface area contributed by atoms with Gasteiger partial charge in [0.05, 0.1) is 0 Å². The highest BCUT2D eigenvalue weighted by molar-refractivity contribution is 5.89. The molecule has 0 aromatic rings. The summed E-state index contributed by atoms with van der Waals surface area (Å²) in [7, 11) is 0. The molecule has 2 amide bonds. The number of hydrogen-bond acceptors (Lipinski definition) is 3. The van der Waals surface area contributed by atoms with Gasteiger partial charge in [0.25, 0.3) is 0 Å². The Kier molecular flexibility index (Phi) is 6.32. The Morgan fingerprint density at radius 1 is 1.04 bits per heavy atom. The molecule has 0 bridgehead atoms. The van der Waals surface area contributed by atoms with Gasteiger partial charge in [0.2, 0.25) is 11.8 Å². The van der Waals surface area contributed by atoms with Gasteiger partial charge in [-0.1, -0.05) is 12.8 Å². The van der Waals surface area contributed by atoms with Crippen LogP contribution in [-0.2, 0) is 9.59 Å². The summed E-state index contributed by atoms with van der Waals surface area (Å²) in [6.07, 6.45) is 7.10. The Morgan fingerprint density at radius 2 is 1.74 bits per heavy atom. The van der Waals surface area contributed by atoms with E-state index in [1.807, 2.05) is 9.80 Å². The normalized spacial score (nSPS) is 31.5. The Balaban J connectivity index is 0.00000192. The van der Waals surface area contributed by atoms with Crippen molar-refractivity contribution in [2.75, 3.05) is 19.6 Å². The zero-order chi connectivity index (χ0) is 15.7. The fourth-order valence-corrected chi connectivity index (χ4v) is 4.51. The van der Waals surface area contributed by atoms with Gasteiger partial charge in [0, 0.05) is 25.0 Å². The molecule has 0 radical (unpaired) electrons. The maximum Gasteiger partial charge on any atom is 0.245 e. The molecule has 3 rings (SSSR count). The monoisotopic (exact) mass is 343 g/mol. The zero-order valence-corrected chi connectivity index (χ0v) is 14.9. The Labute approximate surface area is 145 Å². The molecule has 23 heavy (non-hydrogen) atoms. The number of amides is 2. The van der Waals surface area contributed by atoms with Gasteiger partial charge in [-0.15, -0.1) is 12.4 Å². The van der Waals surface area contributed by atoms with Crippen LogP contribution in [0.5, 0.6) is 0 Å². The maximum absolute atomic E-state index is 12.9. The first-order valence-corrected chi connectivity index (χ1v) is 8.93. The predicted molar refractivity (Wildman–Crippen MR) is 92.3 cm³/mol. The van der Waals surface area contributed by atoms with Crippen molar-refractivity contribution in [2.45, 2.75) is 64.0 Å². The van der Waals surface area contributed by atoms with E-state index in [1.54, 1.807) is 0 Å². The minimum Gasteiger partial charge on any atom is -0.338 e. The summed E-state index contributed by atoms with van der Waals surface area (Å²) in [4.78, 5) is 29.5. The van der Waals surface area contributed by atoms with Crippen LogP contribution in [0.2, 0.25) is 0 Å². The highest BCUT2D eigenvalue weighted by atomic mass is 35.5. The summed E-state index contributed by atoms with van der Waals surface area (Å²) < 4.78 is 0. The van der Waals surface area contributed by atoms with Crippen LogP contribution in [0.1, 0.15) is 51.9 Å². The third-order valence-corrected chi connectivity index (χ3v) is 5.80. The summed E-state index contributed by atoms with van der Waals surface area (Å²) in [5.74, 6) is 0.975. The second-order valence-corrected chi connectivity index (χ2v) is 7.35. The molecular weight excluding hydrogens is 314 g/mol. The average molecular weight is 344 g/mol. The lowest BCUT2D eigenvalue weighted by Gasteiger charge is -2.31. The third-order valence-electron chi connectivity index (χ3n) is 5.80. The van der Waals surface area contributed by atoms with E-state index < -0.39 is 0 Å². The fourth-order valence-electron chi connectivity index (χ4n) is 4.51. The topological polar surface area (TPSA) is 66.6 Å². The van der Waals surface area contributed by atoms with Crippen molar-refractivity contribution in [3.63, 3.8) is 0 Å². The van der Waals surface area contributed by atoms with Gasteiger partial charge >= 0.3 is 0 Å². The van der Waals surface area contributed by atoms with E-state index in [1.165, 1.54) is 0 Å². The maximum atomic E-state index is 12.9. The van der Waals surface area contributed by atoms with Crippen LogP contribution in [0.25, 0.3) is 0 Å². The van der Waals surface area contributed by atoms with Crippen LogP contribution in [-0.4, -0.2) is 53.3 Å². The second-order valence-electron chi connectivity index (χ2n) is 7.35. The van der Waals surface area contributed by atoms with E-state index in [0.717, 1.165) is 58.0 Å². The van der Waals surface area contributed by atoms with E-state index in [4.69, 9.17) is 5.73 Å². The van der Waals surface area contributed by atoms with E-state index in [2.05, 4.69) is 6.92 Å². The van der Waals surface area contributed by atoms with E-state index in [0.29, 0.717) is 12.5 Å². The number of halogens is 1. The largest absolute Gasteiger partial charge is 0.338 e. The second kappa shape index (κ2) is 7.84. The highest BCUT2D eigenvalue weighted by Crippen LogP contribution is 2.31. The molecular formula is C17H30ClN3O2. The number of hydrogen-bond donors (Lipinski definition) is 1. The zero-order valence-electron chi connectivity index (χ0n) is 14.1. The van der Waals surface area contributed by atoms with Crippen LogP contribution >= 0.6 is 12.4 Å². The van der Waals surface area contributed by atoms with Crippen molar-refractivity contribution in [1.29, 1.82) is 0 Å². The fraction of sp³-hybridized carbons (Fsp3) is 0.882. The Hall–Kier alpha value is -0.810. The first kappa shape index (κ1) is 18.5. The lowest BCUT2D eigenvalue weighted by atomic mass is 10.1. The standard InChI is InChI=1S/C17H29N3O2.ClH/c1-12-9-13(10-18)11-20(12)17(22)15-7-4-8-19(15)16(21)14-5-2-3-6-14;/h12-15H,2-11,18H2,1H3;1H. The molecule has 3 fully saturated rings. The van der Waals surface area contributed by atoms with Gasteiger partial charge in [-0.05, 0) is 51.5 Å². The number of rotatable bonds is 3. The molecule has 0 spiro atoms. The van der Waals surface area contributed by atoms with Crippen LogP contribution in [0.3, 0.4) is 0 Å². The van der Waals surface area contributed by atoms with Crippen molar-refractivity contribution in [3.05, 3.63) is 0 Å². The minimum atomic E-state index is -0.216. The van der Waals surface area contributed by atoms with Crippen molar-refractivity contribution in [3.8, 4) is 0 Å². The van der Waals surface area contributed by atoms with Crippen LogP contribution < -0.4 is 5.73 Å². The van der Waals surface area contributed by atoms with Gasteiger partial charge in [-0.3, -0.25) is 9.59 Å². The van der Waals surface area contributed by atoms with E-state index in [9.17, 15) is 9.59 Å². The van der Waals surface area contributed by atoms with E-state index in [-0.39, 0.29) is 42.2 Å². The summed E-state index contributed by atoms with van der Waals surface area (Å²) in [5.41, 5.74) is 5.77. The number of likely N-dealkylation sites (tertiary alicyclic amines) is 2. The highest BCUT2D eigenvalue weighted by Gasteiger charge is 2.42. The predicted octanol–water partition coefficient (Wildman–Crippen LogP) is 1.79. The van der Waals surface area contributed by atoms with Crippen molar-refractivity contribution >= 4 is 24.2 Å². The summed E-state index contributed by atoms with van der Waals surface area (Å²) in [6.45, 7) is 4.27. The molecule has 6 heteroatoms. The van der Waals surface area contributed by atoms with Crippen molar-refractivity contribution in [2.24, 2.45) is 17.6 Å². The molecule has 2 saturated heterocycles. The molecule has 5 nitrogen and oxygen atoms in total. The molecule has 3 atom stereocenters. The van der Waals surface area contributed by atoms with Gasteiger partial charge in [-0.2, -0.15) is 0 Å². The third kappa shape index (κ3) is 3.66. The molecule has 132 valence electrons. The molecule has 1 aliphatic carbocycles. The molecule has 3 unspecified atom stereocenters. The van der Waals surface area contributed by atoms with Crippen LogP contribution in [0, 0.1) is 11.8 Å². The van der Waals surface area contributed by atoms with E-state index >= 15 is 0 Å². The SMILES string of the molecule is CC1CC(CN)CN1C(=O)C1CCCN1C(=O)C1CCCC1.Cl. The lowest BCUT2D eigenvalue weighted by molar-refractivity contribution is -0.146. The molecule has 1 saturated carbocycles. The first-order valence-electron chi connectivity index (χ1n) is 8.93. The minimum absolute atomic E-state index is 0. The number of carbonyl (C=O) groups is 2. The van der Waals surface area contributed by atoms with Gasteiger partial charge < -0.3 is 15.5 Å². The summed E-state index contributed by atoms with van der Waals surface area (Å²) in [6, 6.07) is 0.0390. The summed E-state index contributed by atoms with van der Waals surface area (Å²) >= 11 is 0. The van der Waals surface area contributed by atoms with Crippen molar-refractivity contribution < 1.29 is 9.59 Å². The number of carbonyl (C=O) groups excluding carboxylic acids is 2. The smallest absolute Gasteiger partial charge is 0.245 e. The molecule has 2 aliphatic heterocycles. The van der Waals surface area contributed by atoms with Crippen LogP contribution in [0.4, 0.5) is 0 Å².